The van der Waals surface area contributed by atoms with Crippen LogP contribution in [0.5, 0.6) is 11.5 Å². The summed E-state index contributed by atoms with van der Waals surface area (Å²) in [7, 11) is 1.36. The van der Waals surface area contributed by atoms with Crippen molar-refractivity contribution in [2.75, 3.05) is 13.6 Å². The first-order valence-corrected chi connectivity index (χ1v) is 20.6. The average molecular weight is 883 g/mol. The third-order valence-electron chi connectivity index (χ3n) is 10.6. The zero-order chi connectivity index (χ0) is 46.0. The quantitative estimate of drug-likeness (QED) is 0.0617. The molecule has 0 unspecified atom stereocenters. The number of phenolic OH excluding ortho intramolecular Hbond substituents is 2. The van der Waals surface area contributed by atoms with Crippen molar-refractivity contribution in [3.05, 3.63) is 107 Å². The molecule has 0 radical (unpaired) electrons. The standard InChI is InChI=1S/C45H51ClN8O9/c1-24-41(59)52-34(43(61)53-40(49)37(57)18-19-38(48)58)22-25-6-16-35(55)31(21-25)32-23-29(13-17-36(32)56)39(44(62)50-24)54(2)45(63)33(5-3-4-20-47)51-42(60)28-9-7-26(8-10-28)27-11-14-30(46)15-12-27/h6-17,21,23-24,33-34,39-40,55-56H,3-5,18-20,22,47,49H2,1-2H3,(H2,48,58)(H,50,62)(H,51,60)(H,52,59)(H,53,61)/t24-,33-,34-,39-,40+/m0/s1. The van der Waals surface area contributed by atoms with E-state index in [0.717, 1.165) is 16.0 Å². The molecule has 1 aliphatic rings. The Morgan fingerprint density at radius 1 is 0.825 bits per heavy atom. The molecule has 18 heteroatoms. The van der Waals surface area contributed by atoms with Gasteiger partial charge in [0.15, 0.2) is 5.78 Å². The monoisotopic (exact) mass is 882 g/mol. The van der Waals surface area contributed by atoms with Crippen LogP contribution in [0, 0.1) is 0 Å². The van der Waals surface area contributed by atoms with E-state index in [1.54, 1.807) is 36.4 Å². The molecule has 4 bridgehead atoms. The van der Waals surface area contributed by atoms with Gasteiger partial charge in [0.05, 0.1) is 0 Å². The lowest BCUT2D eigenvalue weighted by molar-refractivity contribution is -0.141. The van der Waals surface area contributed by atoms with E-state index in [-0.39, 0.29) is 59.4 Å². The van der Waals surface area contributed by atoms with Crippen LogP contribution in [0.1, 0.15) is 66.6 Å². The van der Waals surface area contributed by atoms with Gasteiger partial charge in [-0.1, -0.05) is 48.0 Å². The van der Waals surface area contributed by atoms with E-state index in [0.29, 0.717) is 30.0 Å². The van der Waals surface area contributed by atoms with Gasteiger partial charge in [0.1, 0.15) is 41.8 Å². The number of carbonyl (C=O) groups excluding carboxylic acids is 7. The zero-order valence-electron chi connectivity index (χ0n) is 34.7. The van der Waals surface area contributed by atoms with Gasteiger partial charge >= 0.3 is 0 Å². The molecule has 12 N–H and O–H groups in total. The van der Waals surface area contributed by atoms with Gasteiger partial charge < -0.3 is 53.6 Å². The molecule has 0 aromatic heterocycles. The highest BCUT2D eigenvalue weighted by Crippen LogP contribution is 2.39. The van der Waals surface area contributed by atoms with Crippen LogP contribution in [0.4, 0.5) is 0 Å². The third-order valence-corrected chi connectivity index (χ3v) is 10.9. The van der Waals surface area contributed by atoms with Gasteiger partial charge in [0.25, 0.3) is 5.91 Å². The first kappa shape index (κ1) is 47.2. The van der Waals surface area contributed by atoms with Crippen LogP contribution < -0.4 is 38.5 Å². The molecule has 0 saturated heterocycles. The maximum Gasteiger partial charge on any atom is 0.251 e. The molecule has 4 aromatic carbocycles. The average Bonchev–Trinajstić information content (AvgIpc) is 3.25. The predicted molar refractivity (Wildman–Crippen MR) is 235 cm³/mol. The number of primary amides is 1. The number of nitrogens with zero attached hydrogens (tertiary/aromatic N) is 1. The number of unbranched alkanes of at least 4 members (excludes halogenated alkanes) is 1. The number of rotatable bonds is 15. The number of nitrogens with one attached hydrogen (secondary N) is 4. The van der Waals surface area contributed by atoms with E-state index in [2.05, 4.69) is 21.3 Å². The SMILES string of the molecule is C[C@@H]1NC(=O)[C@@H](N(C)C(=O)[C@H](CCCCN)NC(=O)c2ccc(-c3ccc(Cl)cc3)cc2)c2ccc(O)c(c2)-c2cc(ccc2O)C[C@@H](C(=O)N[C@@H](N)C(=O)CCC(N)=O)NC1=O. The normalized spacial score (nSPS) is 17.2. The molecule has 1 heterocycles. The van der Waals surface area contributed by atoms with Crippen LogP contribution >= 0.6 is 11.6 Å². The Balaban J connectivity index is 1.47. The van der Waals surface area contributed by atoms with Crippen LogP contribution in [0.3, 0.4) is 0 Å². The number of likely N-dealkylation sites (N-methyl/N-ethyl adjacent to an activating group) is 1. The second-order valence-electron chi connectivity index (χ2n) is 15.3. The molecule has 1 aliphatic heterocycles. The number of fused-ring (bicyclic) bond motifs is 5. The van der Waals surface area contributed by atoms with Gasteiger partial charge in [-0.2, -0.15) is 0 Å². The number of halogens is 1. The van der Waals surface area contributed by atoms with E-state index in [9.17, 15) is 43.8 Å². The number of carbonyl (C=O) groups is 7. The number of hydrogen-bond acceptors (Lipinski definition) is 11. The van der Waals surface area contributed by atoms with Crippen LogP contribution in [-0.2, 0) is 35.2 Å². The Hall–Kier alpha value is -6.82. The summed E-state index contributed by atoms with van der Waals surface area (Å²) >= 11 is 6.04. The molecule has 0 aliphatic carbocycles. The van der Waals surface area contributed by atoms with E-state index in [1.807, 2.05) is 12.1 Å². The molecule has 0 spiro atoms. The lowest BCUT2D eigenvalue weighted by Gasteiger charge is -2.32. The van der Waals surface area contributed by atoms with Crippen LogP contribution in [0.15, 0.2) is 84.9 Å². The number of amides is 6. The van der Waals surface area contributed by atoms with Crippen molar-refractivity contribution in [3.8, 4) is 33.8 Å². The summed E-state index contributed by atoms with van der Waals surface area (Å²) in [6, 6.07) is 17.1. The number of phenols is 2. The first-order valence-electron chi connectivity index (χ1n) is 20.2. The van der Waals surface area contributed by atoms with E-state index < -0.39 is 71.6 Å². The Bertz CT molecular complexity index is 2360. The summed E-state index contributed by atoms with van der Waals surface area (Å²) in [5, 5.41) is 33.1. The van der Waals surface area contributed by atoms with Crippen molar-refractivity contribution in [2.24, 2.45) is 17.2 Å². The van der Waals surface area contributed by atoms with Crippen molar-refractivity contribution >= 4 is 52.8 Å². The maximum atomic E-state index is 14.5. The molecule has 332 valence electrons. The lowest BCUT2D eigenvalue weighted by Crippen LogP contribution is -2.58. The van der Waals surface area contributed by atoms with Gasteiger partial charge in [-0.15, -0.1) is 0 Å². The molecule has 6 amide bonds. The summed E-state index contributed by atoms with van der Waals surface area (Å²) in [5.41, 5.74) is 19.5. The highest BCUT2D eigenvalue weighted by molar-refractivity contribution is 6.30. The summed E-state index contributed by atoms with van der Waals surface area (Å²) in [6.45, 7) is 1.69. The minimum absolute atomic E-state index is 0.0672. The van der Waals surface area contributed by atoms with Crippen LogP contribution in [-0.4, -0.2) is 94.2 Å². The Morgan fingerprint density at radius 2 is 1.44 bits per heavy atom. The second kappa shape index (κ2) is 21.3. The fraction of sp³-hybridized carbons (Fsp3) is 0.311. The number of Topliss-reactive ketones (excluding diaryl/α,β-unsaturated/α-hetero) is 1. The van der Waals surface area contributed by atoms with Crippen LogP contribution in [0.2, 0.25) is 5.02 Å². The van der Waals surface area contributed by atoms with E-state index in [4.69, 9.17) is 28.8 Å². The number of ketones is 1. The molecule has 5 atom stereocenters. The second-order valence-corrected chi connectivity index (χ2v) is 15.7. The lowest BCUT2D eigenvalue weighted by atomic mass is 9.93. The molecule has 5 rings (SSSR count). The van der Waals surface area contributed by atoms with Crippen molar-refractivity contribution < 1.29 is 43.8 Å². The van der Waals surface area contributed by atoms with Crippen LogP contribution in [0.25, 0.3) is 22.3 Å². The minimum atomic E-state index is -1.55. The zero-order valence-corrected chi connectivity index (χ0v) is 35.5. The Morgan fingerprint density at radius 3 is 2.08 bits per heavy atom. The molecule has 0 fully saturated rings. The van der Waals surface area contributed by atoms with E-state index in [1.165, 1.54) is 50.4 Å². The molecular weight excluding hydrogens is 832 g/mol. The Kier molecular flexibility index (Phi) is 16.0. The fourth-order valence-electron chi connectivity index (χ4n) is 7.07. The van der Waals surface area contributed by atoms with Gasteiger partial charge in [-0.25, -0.2) is 0 Å². The molecular formula is C45H51ClN8O9. The number of nitrogens with two attached hydrogens (primary N) is 3. The van der Waals surface area contributed by atoms with Gasteiger partial charge in [-0.3, -0.25) is 33.6 Å². The van der Waals surface area contributed by atoms with Crippen molar-refractivity contribution in [1.82, 2.24) is 26.2 Å². The van der Waals surface area contributed by atoms with Crippen molar-refractivity contribution in [3.63, 3.8) is 0 Å². The maximum absolute atomic E-state index is 14.5. The predicted octanol–water partition coefficient (Wildman–Crippen LogP) is 2.29. The van der Waals surface area contributed by atoms with Crippen molar-refractivity contribution in [2.45, 2.75) is 75.8 Å². The topological polar surface area (TPSA) is 289 Å². The van der Waals surface area contributed by atoms with Gasteiger partial charge in [0, 0.05) is 48.0 Å². The number of hydrogen-bond donors (Lipinski definition) is 9. The molecule has 0 saturated carbocycles. The van der Waals surface area contributed by atoms with Crippen molar-refractivity contribution in [1.29, 1.82) is 0 Å². The highest BCUT2D eigenvalue weighted by Gasteiger charge is 2.36. The summed E-state index contributed by atoms with van der Waals surface area (Å²) in [6.07, 6.45) is -1.23. The summed E-state index contributed by atoms with van der Waals surface area (Å²) in [5.74, 6) is -5.75. The minimum Gasteiger partial charge on any atom is -0.507 e. The number of benzene rings is 4. The molecule has 17 nitrogen and oxygen atoms in total. The number of aromatic hydroxyl groups is 2. The summed E-state index contributed by atoms with van der Waals surface area (Å²) < 4.78 is 0. The Labute approximate surface area is 368 Å². The first-order chi connectivity index (χ1) is 30.0. The molecule has 4 aromatic rings. The fourth-order valence-corrected chi connectivity index (χ4v) is 7.20. The van der Waals surface area contributed by atoms with E-state index >= 15 is 0 Å². The van der Waals surface area contributed by atoms with Gasteiger partial charge in [0.2, 0.25) is 29.5 Å². The smallest absolute Gasteiger partial charge is 0.251 e. The molecule has 63 heavy (non-hydrogen) atoms. The van der Waals surface area contributed by atoms with Gasteiger partial charge in [-0.05, 0) is 104 Å². The third kappa shape index (κ3) is 12.2. The highest BCUT2D eigenvalue weighted by atomic mass is 35.5. The summed E-state index contributed by atoms with van der Waals surface area (Å²) in [4.78, 5) is 94.8. The largest absolute Gasteiger partial charge is 0.507 e.